The van der Waals surface area contributed by atoms with Crippen molar-refractivity contribution in [1.82, 2.24) is 0 Å². The Kier molecular flexibility index (Phi) is 11.2. The molecule has 1 aromatic rings. The molecule has 8 heteroatoms. The molecule has 0 amide bonds. The Balaban J connectivity index is 3.15. The molecule has 1 aromatic carbocycles. The van der Waals surface area contributed by atoms with Gasteiger partial charge in [0.1, 0.15) is 0 Å². The quantitative estimate of drug-likeness (QED) is 0.330. The number of carboxylic acids is 2. The second-order valence-electron chi connectivity index (χ2n) is 6.91. The van der Waals surface area contributed by atoms with Gasteiger partial charge in [0.05, 0.1) is 35.5 Å². The number of unbranched alkanes of at least 4 members (excludes halogenated alkanes) is 6. The maximum Gasteiger partial charge on any atom is 0.339 e. The van der Waals surface area contributed by atoms with Crippen LogP contribution in [0.25, 0.3) is 0 Å². The van der Waals surface area contributed by atoms with Crippen molar-refractivity contribution in [2.24, 2.45) is 0 Å². The van der Waals surface area contributed by atoms with Crippen molar-refractivity contribution in [1.29, 1.82) is 0 Å². The Hall–Kier alpha value is -2.90. The minimum atomic E-state index is -1.64. The van der Waals surface area contributed by atoms with Gasteiger partial charge >= 0.3 is 23.9 Å². The molecule has 0 aromatic heterocycles. The first-order valence-electron chi connectivity index (χ1n) is 10.3. The summed E-state index contributed by atoms with van der Waals surface area (Å²) in [6.45, 7) is 4.24. The third-order valence-electron chi connectivity index (χ3n) is 4.54. The molecule has 0 spiro atoms. The SMILES string of the molecule is CCCCCCOC(=O)c1ccc(C(=O)O)c(C(=O)O)c1C(=O)OCCCCCC. The van der Waals surface area contributed by atoms with E-state index in [4.69, 9.17) is 9.47 Å². The van der Waals surface area contributed by atoms with E-state index in [0.717, 1.165) is 50.7 Å². The molecule has 8 nitrogen and oxygen atoms in total. The smallest absolute Gasteiger partial charge is 0.339 e. The maximum atomic E-state index is 12.6. The summed E-state index contributed by atoms with van der Waals surface area (Å²) in [6.07, 6.45) is 6.87. The van der Waals surface area contributed by atoms with Crippen molar-refractivity contribution in [2.45, 2.75) is 65.2 Å². The monoisotopic (exact) mass is 422 g/mol. The van der Waals surface area contributed by atoms with Gasteiger partial charge in [0, 0.05) is 0 Å². The number of rotatable bonds is 14. The van der Waals surface area contributed by atoms with Crippen LogP contribution in [0.2, 0.25) is 0 Å². The van der Waals surface area contributed by atoms with Gasteiger partial charge in [-0.3, -0.25) is 0 Å². The fourth-order valence-electron chi connectivity index (χ4n) is 2.92. The molecule has 0 atom stereocenters. The van der Waals surface area contributed by atoms with Crippen LogP contribution in [0.15, 0.2) is 12.1 Å². The molecular weight excluding hydrogens is 392 g/mol. The molecule has 30 heavy (non-hydrogen) atoms. The van der Waals surface area contributed by atoms with E-state index in [0.29, 0.717) is 12.8 Å². The lowest BCUT2D eigenvalue weighted by atomic mass is 9.95. The number of carbonyl (C=O) groups excluding carboxylic acids is 2. The third kappa shape index (κ3) is 7.50. The zero-order valence-corrected chi connectivity index (χ0v) is 17.6. The van der Waals surface area contributed by atoms with E-state index >= 15 is 0 Å². The molecular formula is C22H30O8. The Bertz CT molecular complexity index is 754. The summed E-state index contributed by atoms with van der Waals surface area (Å²) in [5.41, 5.74) is -2.27. The van der Waals surface area contributed by atoms with E-state index in [1.54, 1.807) is 0 Å². The van der Waals surface area contributed by atoms with Gasteiger partial charge < -0.3 is 19.7 Å². The zero-order chi connectivity index (χ0) is 22.5. The highest BCUT2D eigenvalue weighted by molar-refractivity contribution is 6.14. The van der Waals surface area contributed by atoms with E-state index < -0.39 is 40.6 Å². The highest BCUT2D eigenvalue weighted by Crippen LogP contribution is 2.23. The van der Waals surface area contributed by atoms with Crippen molar-refractivity contribution in [3.05, 3.63) is 34.4 Å². The standard InChI is InChI=1S/C22H30O8/c1-3-5-7-9-13-29-21(27)16-12-11-15(19(23)24)17(20(25)26)18(16)22(28)30-14-10-8-6-4-2/h11-12H,3-10,13-14H2,1-2H3,(H,23,24)(H,25,26). The third-order valence-corrected chi connectivity index (χ3v) is 4.54. The van der Waals surface area contributed by atoms with Crippen LogP contribution in [0.3, 0.4) is 0 Å². The summed E-state index contributed by atoms with van der Waals surface area (Å²) < 4.78 is 10.3. The highest BCUT2D eigenvalue weighted by atomic mass is 16.5. The first-order valence-corrected chi connectivity index (χ1v) is 10.3. The molecule has 0 aliphatic rings. The van der Waals surface area contributed by atoms with Gasteiger partial charge in [-0.25, -0.2) is 19.2 Å². The molecule has 2 N–H and O–H groups in total. The zero-order valence-electron chi connectivity index (χ0n) is 17.6. The Morgan fingerprint density at radius 1 is 0.667 bits per heavy atom. The molecule has 0 bridgehead atoms. The number of aromatic carboxylic acids is 2. The summed E-state index contributed by atoms with van der Waals surface area (Å²) >= 11 is 0. The molecule has 0 aliphatic carbocycles. The van der Waals surface area contributed by atoms with Crippen molar-refractivity contribution >= 4 is 23.9 Å². The average Bonchev–Trinajstić information content (AvgIpc) is 2.71. The summed E-state index contributed by atoms with van der Waals surface area (Å²) in [5.74, 6) is -5.10. The lowest BCUT2D eigenvalue weighted by Crippen LogP contribution is -2.22. The van der Waals surface area contributed by atoms with Gasteiger partial charge in [-0.2, -0.15) is 0 Å². The van der Waals surface area contributed by atoms with Crippen molar-refractivity contribution in [3.8, 4) is 0 Å². The lowest BCUT2D eigenvalue weighted by molar-refractivity contribution is 0.0445. The van der Waals surface area contributed by atoms with Crippen molar-refractivity contribution < 1.29 is 38.9 Å². The molecule has 0 radical (unpaired) electrons. The molecule has 0 aliphatic heterocycles. The van der Waals surface area contributed by atoms with Crippen molar-refractivity contribution in [2.75, 3.05) is 13.2 Å². The lowest BCUT2D eigenvalue weighted by Gasteiger charge is -2.14. The minimum absolute atomic E-state index is 0.0424. The molecule has 0 saturated heterocycles. The molecule has 0 fully saturated rings. The predicted octanol–water partition coefficient (Wildman–Crippen LogP) is 4.56. The molecule has 0 unspecified atom stereocenters. The molecule has 1 rings (SSSR count). The van der Waals surface area contributed by atoms with Gasteiger partial charge in [0.15, 0.2) is 0 Å². The van der Waals surface area contributed by atoms with E-state index in [2.05, 4.69) is 0 Å². The number of esters is 2. The fraction of sp³-hybridized carbons (Fsp3) is 0.545. The fourth-order valence-corrected chi connectivity index (χ4v) is 2.92. The average molecular weight is 422 g/mol. The summed E-state index contributed by atoms with van der Waals surface area (Å²) in [5, 5.41) is 18.9. The molecule has 166 valence electrons. The van der Waals surface area contributed by atoms with Gasteiger partial charge in [-0.05, 0) is 25.0 Å². The number of ether oxygens (including phenoxy) is 2. The Morgan fingerprint density at radius 2 is 1.17 bits per heavy atom. The summed E-state index contributed by atoms with van der Waals surface area (Å²) in [7, 11) is 0. The number of benzene rings is 1. The van der Waals surface area contributed by atoms with E-state index in [9.17, 15) is 29.4 Å². The second kappa shape index (κ2) is 13.3. The van der Waals surface area contributed by atoms with Crippen LogP contribution >= 0.6 is 0 Å². The van der Waals surface area contributed by atoms with Crippen LogP contribution in [-0.4, -0.2) is 47.3 Å². The summed E-state index contributed by atoms with van der Waals surface area (Å²) in [6, 6.07) is 2.08. The van der Waals surface area contributed by atoms with Gasteiger partial charge in [-0.1, -0.05) is 52.4 Å². The van der Waals surface area contributed by atoms with E-state index in [1.807, 2.05) is 13.8 Å². The Morgan fingerprint density at radius 3 is 1.63 bits per heavy atom. The van der Waals surface area contributed by atoms with E-state index in [-0.39, 0.29) is 18.8 Å². The number of carboxylic acid groups (broad SMARTS) is 2. The predicted molar refractivity (Wildman–Crippen MR) is 109 cm³/mol. The number of hydrogen-bond acceptors (Lipinski definition) is 6. The van der Waals surface area contributed by atoms with Crippen LogP contribution in [0, 0.1) is 0 Å². The highest BCUT2D eigenvalue weighted by Gasteiger charge is 2.31. The van der Waals surface area contributed by atoms with E-state index in [1.165, 1.54) is 0 Å². The van der Waals surface area contributed by atoms with Gasteiger partial charge in [-0.15, -0.1) is 0 Å². The molecule has 0 heterocycles. The van der Waals surface area contributed by atoms with Crippen molar-refractivity contribution in [3.63, 3.8) is 0 Å². The topological polar surface area (TPSA) is 127 Å². The number of carbonyl (C=O) groups is 4. The van der Waals surface area contributed by atoms with Crippen LogP contribution in [0.4, 0.5) is 0 Å². The summed E-state index contributed by atoms with van der Waals surface area (Å²) in [4.78, 5) is 48.3. The van der Waals surface area contributed by atoms with Gasteiger partial charge in [0.2, 0.25) is 0 Å². The Labute approximate surface area is 176 Å². The van der Waals surface area contributed by atoms with Crippen LogP contribution in [-0.2, 0) is 9.47 Å². The van der Waals surface area contributed by atoms with Crippen LogP contribution in [0.5, 0.6) is 0 Å². The van der Waals surface area contributed by atoms with Crippen LogP contribution in [0.1, 0.15) is 107 Å². The molecule has 0 saturated carbocycles. The first kappa shape index (κ1) is 25.1. The van der Waals surface area contributed by atoms with Crippen LogP contribution < -0.4 is 0 Å². The largest absolute Gasteiger partial charge is 0.478 e. The normalized spacial score (nSPS) is 10.5. The second-order valence-corrected chi connectivity index (χ2v) is 6.91. The number of hydrogen-bond donors (Lipinski definition) is 2. The maximum absolute atomic E-state index is 12.6. The first-order chi connectivity index (χ1) is 14.3. The minimum Gasteiger partial charge on any atom is -0.478 e. The van der Waals surface area contributed by atoms with Gasteiger partial charge in [0.25, 0.3) is 0 Å².